The van der Waals surface area contributed by atoms with Gasteiger partial charge < -0.3 is 5.32 Å². The Morgan fingerprint density at radius 1 is 1.25 bits per heavy atom. The van der Waals surface area contributed by atoms with Crippen LogP contribution in [0.1, 0.15) is 11.8 Å². The molecule has 1 heterocycles. The second-order valence-electron chi connectivity index (χ2n) is 4.07. The highest BCUT2D eigenvalue weighted by atomic mass is 79.9. The van der Waals surface area contributed by atoms with Crippen LogP contribution in [0.3, 0.4) is 0 Å². The van der Waals surface area contributed by atoms with Crippen molar-refractivity contribution >= 4 is 43.0 Å². The van der Waals surface area contributed by atoms with Crippen LogP contribution in [0.5, 0.6) is 0 Å². The monoisotopic (exact) mass is 374 g/mol. The predicted octanol–water partition coefficient (Wildman–Crippen LogP) is 3.42. The van der Waals surface area contributed by atoms with Gasteiger partial charge in [-0.1, -0.05) is 19.1 Å². The van der Waals surface area contributed by atoms with Crippen molar-refractivity contribution in [1.82, 2.24) is 5.32 Å². The summed E-state index contributed by atoms with van der Waals surface area (Å²) >= 11 is 4.77. The smallest absolute Gasteiger partial charge is 0.263 e. The van der Waals surface area contributed by atoms with Crippen LogP contribution in [0.15, 0.2) is 45.1 Å². The number of para-hydroxylation sites is 1. The zero-order valence-electron chi connectivity index (χ0n) is 10.9. The second-order valence-corrected chi connectivity index (χ2v) is 7.58. The first kappa shape index (κ1) is 15.5. The highest BCUT2D eigenvalue weighted by Crippen LogP contribution is 2.27. The highest BCUT2D eigenvalue weighted by molar-refractivity contribution is 9.10. The second kappa shape index (κ2) is 6.71. The zero-order valence-corrected chi connectivity index (χ0v) is 14.1. The Balaban J connectivity index is 2.27. The molecule has 108 valence electrons. The van der Waals surface area contributed by atoms with Gasteiger partial charge in [0.25, 0.3) is 10.0 Å². The lowest BCUT2D eigenvalue weighted by Gasteiger charge is -2.10. The molecule has 0 fully saturated rings. The minimum atomic E-state index is -3.56. The maximum Gasteiger partial charge on any atom is 0.263 e. The van der Waals surface area contributed by atoms with Crippen molar-refractivity contribution < 1.29 is 8.42 Å². The standard InChI is InChI=1S/C13H15BrN2O2S2/c1-2-15-9-12-13(7-8-19-12)20(17,18)16-11-6-4-3-5-10(11)14/h3-8,15-16H,2,9H2,1H3. The molecular weight excluding hydrogens is 360 g/mol. The number of nitrogens with one attached hydrogen (secondary N) is 2. The number of anilines is 1. The topological polar surface area (TPSA) is 58.2 Å². The summed E-state index contributed by atoms with van der Waals surface area (Å²) in [6.07, 6.45) is 0. The van der Waals surface area contributed by atoms with Gasteiger partial charge in [-0.05, 0) is 46.1 Å². The van der Waals surface area contributed by atoms with Gasteiger partial charge in [-0.15, -0.1) is 11.3 Å². The molecule has 0 amide bonds. The van der Waals surface area contributed by atoms with Crippen molar-refractivity contribution in [1.29, 1.82) is 0 Å². The molecule has 0 saturated carbocycles. The quantitative estimate of drug-likeness (QED) is 0.814. The molecule has 1 aromatic carbocycles. The summed E-state index contributed by atoms with van der Waals surface area (Å²) in [5.74, 6) is 0. The average molecular weight is 375 g/mol. The molecule has 2 N–H and O–H groups in total. The van der Waals surface area contributed by atoms with E-state index >= 15 is 0 Å². The van der Waals surface area contributed by atoms with Gasteiger partial charge in [-0.2, -0.15) is 0 Å². The minimum absolute atomic E-state index is 0.333. The zero-order chi connectivity index (χ0) is 14.6. The van der Waals surface area contributed by atoms with E-state index in [4.69, 9.17) is 0 Å². The summed E-state index contributed by atoms with van der Waals surface area (Å²) in [5.41, 5.74) is 0.535. The minimum Gasteiger partial charge on any atom is -0.312 e. The summed E-state index contributed by atoms with van der Waals surface area (Å²) in [7, 11) is -3.56. The number of thiophene rings is 1. The third kappa shape index (κ3) is 3.60. The molecule has 0 saturated heterocycles. The van der Waals surface area contributed by atoms with Crippen LogP contribution in [0.4, 0.5) is 5.69 Å². The van der Waals surface area contributed by atoms with Crippen LogP contribution in [-0.2, 0) is 16.6 Å². The van der Waals surface area contributed by atoms with Gasteiger partial charge in [-0.25, -0.2) is 8.42 Å². The van der Waals surface area contributed by atoms with Gasteiger partial charge in [0, 0.05) is 15.9 Å². The number of benzene rings is 1. The Labute approximate surface area is 131 Å². The fourth-order valence-electron chi connectivity index (χ4n) is 1.68. The van der Waals surface area contributed by atoms with Crippen molar-refractivity contribution in [2.75, 3.05) is 11.3 Å². The molecule has 0 aliphatic heterocycles. The number of hydrogen-bond acceptors (Lipinski definition) is 4. The Morgan fingerprint density at radius 3 is 2.70 bits per heavy atom. The molecule has 20 heavy (non-hydrogen) atoms. The van der Waals surface area contributed by atoms with E-state index in [9.17, 15) is 8.42 Å². The Hall–Kier alpha value is -0.890. The fourth-order valence-corrected chi connectivity index (χ4v) is 4.69. The summed E-state index contributed by atoms with van der Waals surface area (Å²) in [5, 5.41) is 4.94. The van der Waals surface area contributed by atoms with E-state index in [0.29, 0.717) is 21.6 Å². The van der Waals surface area contributed by atoms with Crippen LogP contribution in [-0.4, -0.2) is 15.0 Å². The molecular formula is C13H15BrN2O2S2. The van der Waals surface area contributed by atoms with E-state index in [-0.39, 0.29) is 0 Å². The van der Waals surface area contributed by atoms with Crippen molar-refractivity contribution in [3.8, 4) is 0 Å². The SMILES string of the molecule is CCNCc1sccc1S(=O)(=O)Nc1ccccc1Br. The Bertz CT molecular complexity index is 683. The van der Waals surface area contributed by atoms with Crippen LogP contribution >= 0.6 is 27.3 Å². The van der Waals surface area contributed by atoms with Gasteiger partial charge in [0.1, 0.15) is 4.90 Å². The van der Waals surface area contributed by atoms with E-state index in [2.05, 4.69) is 26.0 Å². The largest absolute Gasteiger partial charge is 0.312 e. The Morgan fingerprint density at radius 2 is 2.00 bits per heavy atom. The van der Waals surface area contributed by atoms with E-state index in [1.807, 2.05) is 13.0 Å². The third-order valence-electron chi connectivity index (χ3n) is 2.65. The number of rotatable bonds is 6. The van der Waals surface area contributed by atoms with Crippen LogP contribution in [0, 0.1) is 0 Å². The molecule has 1 aromatic heterocycles. The molecule has 0 aliphatic carbocycles. The number of sulfonamides is 1. The lowest BCUT2D eigenvalue weighted by molar-refractivity contribution is 0.599. The van der Waals surface area contributed by atoms with Gasteiger partial charge >= 0.3 is 0 Å². The molecule has 4 nitrogen and oxygen atoms in total. The van der Waals surface area contributed by atoms with Crippen LogP contribution in [0.2, 0.25) is 0 Å². The van der Waals surface area contributed by atoms with E-state index < -0.39 is 10.0 Å². The first-order valence-corrected chi connectivity index (χ1v) is 9.24. The van der Waals surface area contributed by atoms with E-state index in [1.54, 1.807) is 29.6 Å². The molecule has 2 rings (SSSR count). The van der Waals surface area contributed by atoms with Crippen molar-refractivity contribution in [2.45, 2.75) is 18.4 Å². The van der Waals surface area contributed by atoms with E-state index in [0.717, 1.165) is 11.4 Å². The molecule has 0 bridgehead atoms. The van der Waals surface area contributed by atoms with Gasteiger partial charge in [-0.3, -0.25) is 4.72 Å². The maximum absolute atomic E-state index is 12.4. The number of hydrogen-bond donors (Lipinski definition) is 2. The van der Waals surface area contributed by atoms with Crippen molar-refractivity contribution in [2.24, 2.45) is 0 Å². The van der Waals surface area contributed by atoms with Crippen molar-refractivity contribution in [3.63, 3.8) is 0 Å². The molecule has 0 unspecified atom stereocenters. The van der Waals surface area contributed by atoms with Crippen LogP contribution < -0.4 is 10.0 Å². The molecule has 2 aromatic rings. The van der Waals surface area contributed by atoms with Crippen molar-refractivity contribution in [3.05, 3.63) is 45.1 Å². The normalized spacial score (nSPS) is 11.5. The summed E-state index contributed by atoms with van der Waals surface area (Å²) in [4.78, 5) is 1.14. The van der Waals surface area contributed by atoms with Gasteiger partial charge in [0.2, 0.25) is 0 Å². The third-order valence-corrected chi connectivity index (χ3v) is 5.84. The molecule has 7 heteroatoms. The molecule has 0 aliphatic rings. The lowest BCUT2D eigenvalue weighted by atomic mass is 10.3. The highest BCUT2D eigenvalue weighted by Gasteiger charge is 2.20. The first-order chi connectivity index (χ1) is 9.54. The fraction of sp³-hybridized carbons (Fsp3) is 0.231. The summed E-state index contributed by atoms with van der Waals surface area (Å²) in [6.45, 7) is 3.34. The average Bonchev–Trinajstić information content (AvgIpc) is 2.88. The molecule has 0 spiro atoms. The molecule has 0 radical (unpaired) electrons. The van der Waals surface area contributed by atoms with Crippen LogP contribution in [0.25, 0.3) is 0 Å². The first-order valence-electron chi connectivity index (χ1n) is 6.09. The lowest BCUT2D eigenvalue weighted by Crippen LogP contribution is -2.17. The number of halogens is 1. The van der Waals surface area contributed by atoms with Gasteiger partial charge in [0.05, 0.1) is 5.69 Å². The summed E-state index contributed by atoms with van der Waals surface area (Å²) < 4.78 is 28.2. The maximum atomic E-state index is 12.4. The summed E-state index contributed by atoms with van der Waals surface area (Å²) in [6, 6.07) is 8.78. The van der Waals surface area contributed by atoms with Gasteiger partial charge in [0.15, 0.2) is 0 Å². The van der Waals surface area contributed by atoms with E-state index in [1.165, 1.54) is 11.3 Å². The Kier molecular flexibility index (Phi) is 5.20. The molecule has 0 atom stereocenters. The predicted molar refractivity (Wildman–Crippen MR) is 86.7 cm³/mol.